The van der Waals surface area contributed by atoms with Crippen LogP contribution in [0.5, 0.6) is 0 Å². The Labute approximate surface area is 124 Å². The van der Waals surface area contributed by atoms with Crippen molar-refractivity contribution < 1.29 is 14.7 Å². The lowest BCUT2D eigenvalue weighted by Gasteiger charge is -2.30. The number of carboxylic acid groups (broad SMARTS) is 1. The molecule has 1 amide bonds. The first-order valence-corrected chi connectivity index (χ1v) is 7.39. The Morgan fingerprint density at radius 3 is 2.86 bits per heavy atom. The van der Waals surface area contributed by atoms with Gasteiger partial charge in [-0.1, -0.05) is 6.92 Å². The summed E-state index contributed by atoms with van der Waals surface area (Å²) in [6.45, 7) is 3.33. The molecule has 1 heterocycles. The van der Waals surface area contributed by atoms with Crippen molar-refractivity contribution in [1.29, 1.82) is 0 Å². The summed E-state index contributed by atoms with van der Waals surface area (Å²) in [4.78, 5) is 25.2. The fraction of sp³-hybridized carbons (Fsp3) is 0.500. The topological polar surface area (TPSA) is 83.6 Å². The monoisotopic (exact) mass is 290 g/mol. The Bertz CT molecular complexity index is 542. The van der Waals surface area contributed by atoms with Gasteiger partial charge in [0.1, 0.15) is 0 Å². The third-order valence-electron chi connectivity index (χ3n) is 4.00. The minimum Gasteiger partial charge on any atom is -0.478 e. The van der Waals surface area contributed by atoms with Crippen molar-refractivity contribution in [3.63, 3.8) is 0 Å². The number of carbonyl (C=O) groups excluding carboxylic acids is 1. The van der Waals surface area contributed by atoms with Crippen LogP contribution in [0.3, 0.4) is 0 Å². The zero-order chi connectivity index (χ0) is 15.4. The fourth-order valence-corrected chi connectivity index (χ4v) is 2.61. The molecular weight excluding hydrogens is 268 g/mol. The summed E-state index contributed by atoms with van der Waals surface area (Å²) in [5.74, 6) is -0.495. The largest absolute Gasteiger partial charge is 0.478 e. The number of carbonyl (C=O) groups is 2. The number of nitrogens with two attached hydrogens (primary N) is 1. The van der Waals surface area contributed by atoms with E-state index in [4.69, 9.17) is 10.8 Å². The average Bonchev–Trinajstić information content (AvgIpc) is 2.50. The van der Waals surface area contributed by atoms with Crippen molar-refractivity contribution in [2.75, 3.05) is 18.0 Å². The predicted molar refractivity (Wildman–Crippen MR) is 81.5 cm³/mol. The van der Waals surface area contributed by atoms with Crippen molar-refractivity contribution in [2.45, 2.75) is 32.6 Å². The van der Waals surface area contributed by atoms with Crippen LogP contribution in [0.2, 0.25) is 0 Å². The molecule has 21 heavy (non-hydrogen) atoms. The molecule has 3 N–H and O–H groups in total. The highest BCUT2D eigenvalue weighted by molar-refractivity contribution is 5.96. The summed E-state index contributed by atoms with van der Waals surface area (Å²) in [7, 11) is 0. The van der Waals surface area contributed by atoms with E-state index in [2.05, 4.69) is 0 Å². The Morgan fingerprint density at radius 2 is 2.19 bits per heavy atom. The second-order valence-electron chi connectivity index (χ2n) is 5.68. The van der Waals surface area contributed by atoms with Crippen LogP contribution in [0.15, 0.2) is 18.2 Å². The van der Waals surface area contributed by atoms with Crippen molar-refractivity contribution in [2.24, 2.45) is 11.7 Å². The van der Waals surface area contributed by atoms with Gasteiger partial charge in [0.25, 0.3) is 0 Å². The maximum atomic E-state index is 12.4. The van der Waals surface area contributed by atoms with E-state index >= 15 is 0 Å². The molecule has 0 radical (unpaired) electrons. The third-order valence-corrected chi connectivity index (χ3v) is 4.00. The van der Waals surface area contributed by atoms with E-state index in [-0.39, 0.29) is 11.5 Å². The van der Waals surface area contributed by atoms with Crippen LogP contribution >= 0.6 is 0 Å². The first-order chi connectivity index (χ1) is 10.0. The van der Waals surface area contributed by atoms with Gasteiger partial charge >= 0.3 is 5.97 Å². The molecule has 114 valence electrons. The van der Waals surface area contributed by atoms with Crippen LogP contribution in [0, 0.1) is 5.92 Å². The highest BCUT2D eigenvalue weighted by Crippen LogP contribution is 2.29. The Hall–Kier alpha value is -1.88. The Balaban J connectivity index is 2.14. The number of hydrogen-bond acceptors (Lipinski definition) is 3. The number of aryl methyl sites for hydroxylation is 1. The smallest absolute Gasteiger partial charge is 0.335 e. The number of fused-ring (bicyclic) bond motifs is 1. The van der Waals surface area contributed by atoms with Gasteiger partial charge in [0.15, 0.2) is 0 Å². The SMILES string of the molecule is CC(CN)CCC(=O)N1CCCc2cc(C(=O)O)ccc21. The molecule has 0 saturated heterocycles. The van der Waals surface area contributed by atoms with Gasteiger partial charge in [-0.05, 0) is 55.5 Å². The van der Waals surface area contributed by atoms with E-state index in [0.29, 0.717) is 25.4 Å². The normalized spacial score (nSPS) is 15.4. The number of anilines is 1. The Morgan fingerprint density at radius 1 is 1.43 bits per heavy atom. The molecule has 1 aromatic carbocycles. The van der Waals surface area contributed by atoms with Gasteiger partial charge in [-0.3, -0.25) is 4.79 Å². The molecule has 0 fully saturated rings. The molecule has 0 spiro atoms. The van der Waals surface area contributed by atoms with Gasteiger partial charge in [0.2, 0.25) is 5.91 Å². The Kier molecular flexibility index (Phi) is 4.96. The fourth-order valence-electron chi connectivity index (χ4n) is 2.61. The standard InChI is InChI=1S/C16H22N2O3/c1-11(10-17)4-7-15(19)18-8-2-3-12-9-13(16(20)21)5-6-14(12)18/h5-6,9,11H,2-4,7-8,10,17H2,1H3,(H,20,21). The molecule has 1 aromatic rings. The van der Waals surface area contributed by atoms with E-state index < -0.39 is 5.97 Å². The molecular formula is C16H22N2O3. The van der Waals surface area contributed by atoms with Crippen LogP contribution in [-0.4, -0.2) is 30.1 Å². The lowest BCUT2D eigenvalue weighted by Crippen LogP contribution is -2.35. The first-order valence-electron chi connectivity index (χ1n) is 7.39. The molecule has 5 heteroatoms. The number of benzene rings is 1. The van der Waals surface area contributed by atoms with Gasteiger partial charge < -0.3 is 15.7 Å². The highest BCUT2D eigenvalue weighted by atomic mass is 16.4. The van der Waals surface area contributed by atoms with Gasteiger partial charge in [-0.25, -0.2) is 4.79 Å². The molecule has 5 nitrogen and oxygen atoms in total. The van der Waals surface area contributed by atoms with Crippen LogP contribution in [0.25, 0.3) is 0 Å². The van der Waals surface area contributed by atoms with Crippen molar-refractivity contribution in [3.8, 4) is 0 Å². The van der Waals surface area contributed by atoms with Crippen molar-refractivity contribution in [1.82, 2.24) is 0 Å². The molecule has 1 atom stereocenters. The lowest BCUT2D eigenvalue weighted by atomic mass is 9.98. The number of hydrogen-bond donors (Lipinski definition) is 2. The van der Waals surface area contributed by atoms with E-state index in [1.807, 2.05) is 6.92 Å². The number of carboxylic acids is 1. The summed E-state index contributed by atoms with van der Waals surface area (Å²) in [6, 6.07) is 5.00. The maximum absolute atomic E-state index is 12.4. The lowest BCUT2D eigenvalue weighted by molar-refractivity contribution is -0.119. The van der Waals surface area contributed by atoms with Crippen molar-refractivity contribution >= 4 is 17.6 Å². The second-order valence-corrected chi connectivity index (χ2v) is 5.68. The predicted octanol–water partition coefficient (Wildman–Crippen LogP) is 2.04. The summed E-state index contributed by atoms with van der Waals surface area (Å²) in [5, 5.41) is 9.04. The van der Waals surface area contributed by atoms with Gasteiger partial charge in [0, 0.05) is 18.7 Å². The number of rotatable bonds is 5. The molecule has 2 rings (SSSR count). The van der Waals surface area contributed by atoms with E-state index in [1.165, 1.54) is 0 Å². The molecule has 0 saturated carbocycles. The minimum atomic E-state index is -0.932. The van der Waals surface area contributed by atoms with Gasteiger partial charge in [0.05, 0.1) is 5.56 Å². The van der Waals surface area contributed by atoms with Crippen LogP contribution in [0.4, 0.5) is 5.69 Å². The average molecular weight is 290 g/mol. The summed E-state index contributed by atoms with van der Waals surface area (Å²) in [5.41, 5.74) is 7.66. The molecule has 1 aliphatic heterocycles. The highest BCUT2D eigenvalue weighted by Gasteiger charge is 2.23. The first kappa shape index (κ1) is 15.5. The van der Waals surface area contributed by atoms with Crippen LogP contribution in [-0.2, 0) is 11.2 Å². The molecule has 0 aliphatic carbocycles. The maximum Gasteiger partial charge on any atom is 0.335 e. The summed E-state index contributed by atoms with van der Waals surface area (Å²) >= 11 is 0. The minimum absolute atomic E-state index is 0.0966. The summed E-state index contributed by atoms with van der Waals surface area (Å²) in [6.07, 6.45) is 2.96. The van der Waals surface area contributed by atoms with E-state index in [9.17, 15) is 9.59 Å². The van der Waals surface area contributed by atoms with Crippen LogP contribution in [0.1, 0.15) is 42.1 Å². The van der Waals surface area contributed by atoms with E-state index in [1.54, 1.807) is 23.1 Å². The number of amides is 1. The molecule has 1 unspecified atom stereocenters. The molecule has 0 bridgehead atoms. The molecule has 0 aromatic heterocycles. The molecule has 1 aliphatic rings. The van der Waals surface area contributed by atoms with Gasteiger partial charge in [-0.2, -0.15) is 0 Å². The zero-order valence-corrected chi connectivity index (χ0v) is 12.3. The van der Waals surface area contributed by atoms with E-state index in [0.717, 1.165) is 30.5 Å². The number of nitrogens with zero attached hydrogens (tertiary/aromatic N) is 1. The zero-order valence-electron chi connectivity index (χ0n) is 12.3. The number of aromatic carboxylic acids is 1. The van der Waals surface area contributed by atoms with Crippen molar-refractivity contribution in [3.05, 3.63) is 29.3 Å². The second kappa shape index (κ2) is 6.72. The quantitative estimate of drug-likeness (QED) is 0.869. The van der Waals surface area contributed by atoms with Crippen LogP contribution < -0.4 is 10.6 Å². The summed E-state index contributed by atoms with van der Waals surface area (Å²) < 4.78 is 0. The van der Waals surface area contributed by atoms with Gasteiger partial charge in [-0.15, -0.1) is 0 Å². The third kappa shape index (κ3) is 3.61.